The molecule has 0 saturated heterocycles. The molecule has 1 rings (SSSR count). The molecule has 0 spiro atoms. The molecule has 1 atom stereocenters. The maximum absolute atomic E-state index is 11.6. The maximum atomic E-state index is 11.6. The van der Waals surface area contributed by atoms with Gasteiger partial charge in [-0.05, 0) is 31.2 Å². The molecule has 0 aliphatic rings. The Bertz CT molecular complexity index is 431. The van der Waals surface area contributed by atoms with Gasteiger partial charge in [0, 0.05) is 18.2 Å². The number of carbonyl (C=O) groups is 2. The molecule has 0 aliphatic carbocycles. The summed E-state index contributed by atoms with van der Waals surface area (Å²) in [6.07, 6.45) is 0.204. The molecule has 104 valence electrons. The second-order valence-corrected chi connectivity index (χ2v) is 4.23. The molecule has 0 aliphatic heterocycles. The number of anilines is 1. The van der Waals surface area contributed by atoms with Gasteiger partial charge in [0.05, 0.1) is 13.7 Å². The van der Waals surface area contributed by atoms with E-state index in [9.17, 15) is 9.59 Å². The summed E-state index contributed by atoms with van der Waals surface area (Å²) < 4.78 is 5.02. The summed E-state index contributed by atoms with van der Waals surface area (Å²) in [4.78, 5) is 22.3. The number of methoxy groups -OCH3 is 1. The predicted molar refractivity (Wildman–Crippen MR) is 72.9 cm³/mol. The summed E-state index contributed by atoms with van der Waals surface area (Å²) in [6.45, 7) is 1.92. The molecule has 4 N–H and O–H groups in total. The van der Waals surface area contributed by atoms with Gasteiger partial charge in [0.15, 0.2) is 0 Å². The fourth-order valence-electron chi connectivity index (χ4n) is 1.52. The first-order valence-electron chi connectivity index (χ1n) is 5.97. The van der Waals surface area contributed by atoms with Crippen molar-refractivity contribution < 1.29 is 14.3 Å². The van der Waals surface area contributed by atoms with E-state index in [1.54, 1.807) is 38.3 Å². The summed E-state index contributed by atoms with van der Waals surface area (Å²) in [5.74, 6) is 0.156. The monoisotopic (exact) mass is 265 g/mol. The van der Waals surface area contributed by atoms with E-state index in [4.69, 9.17) is 10.5 Å². The Labute approximate surface area is 112 Å². The molecule has 0 saturated carbocycles. The maximum Gasteiger partial charge on any atom is 0.238 e. The van der Waals surface area contributed by atoms with E-state index in [-0.39, 0.29) is 24.9 Å². The van der Waals surface area contributed by atoms with Crippen LogP contribution in [0.25, 0.3) is 0 Å². The zero-order valence-corrected chi connectivity index (χ0v) is 11.1. The second-order valence-electron chi connectivity index (χ2n) is 4.23. The van der Waals surface area contributed by atoms with Crippen molar-refractivity contribution >= 4 is 17.5 Å². The molecular formula is C13H19N3O3. The largest absolute Gasteiger partial charge is 0.497 e. The van der Waals surface area contributed by atoms with Gasteiger partial charge in [-0.25, -0.2) is 0 Å². The molecule has 0 bridgehead atoms. The summed E-state index contributed by atoms with van der Waals surface area (Å²) in [6, 6.07) is 6.91. The summed E-state index contributed by atoms with van der Waals surface area (Å²) >= 11 is 0. The topological polar surface area (TPSA) is 93.4 Å². The van der Waals surface area contributed by atoms with Gasteiger partial charge in [-0.2, -0.15) is 0 Å². The zero-order valence-electron chi connectivity index (χ0n) is 11.1. The first-order valence-corrected chi connectivity index (χ1v) is 5.97. The predicted octanol–water partition coefficient (Wildman–Crippen LogP) is 0.487. The highest BCUT2D eigenvalue weighted by atomic mass is 16.5. The quantitative estimate of drug-likeness (QED) is 0.668. The molecule has 0 radical (unpaired) electrons. The number of hydrogen-bond donors (Lipinski definition) is 3. The van der Waals surface area contributed by atoms with Gasteiger partial charge in [-0.1, -0.05) is 0 Å². The minimum absolute atomic E-state index is 0.125. The van der Waals surface area contributed by atoms with Crippen molar-refractivity contribution in [2.45, 2.75) is 19.4 Å². The Balaban J connectivity index is 2.36. The first kappa shape index (κ1) is 15.0. The van der Waals surface area contributed by atoms with Crippen LogP contribution < -0.4 is 21.1 Å². The van der Waals surface area contributed by atoms with Gasteiger partial charge >= 0.3 is 0 Å². The van der Waals surface area contributed by atoms with E-state index in [1.165, 1.54) is 0 Å². The smallest absolute Gasteiger partial charge is 0.238 e. The SMILES string of the molecule is COc1ccc(NC(=O)CNC(C)CC(N)=O)cc1. The van der Waals surface area contributed by atoms with Crippen molar-refractivity contribution in [3.05, 3.63) is 24.3 Å². The van der Waals surface area contributed by atoms with Crippen LogP contribution >= 0.6 is 0 Å². The minimum atomic E-state index is -0.393. The molecule has 1 aromatic rings. The number of benzene rings is 1. The minimum Gasteiger partial charge on any atom is -0.497 e. The lowest BCUT2D eigenvalue weighted by atomic mass is 10.2. The number of primary amides is 1. The summed E-state index contributed by atoms with van der Waals surface area (Å²) in [5.41, 5.74) is 5.75. The van der Waals surface area contributed by atoms with Crippen molar-refractivity contribution in [2.24, 2.45) is 5.73 Å². The van der Waals surface area contributed by atoms with E-state index in [0.717, 1.165) is 5.75 Å². The average Bonchev–Trinajstić information content (AvgIpc) is 2.36. The Morgan fingerprint density at radius 3 is 2.47 bits per heavy atom. The molecule has 19 heavy (non-hydrogen) atoms. The van der Waals surface area contributed by atoms with Crippen molar-refractivity contribution in [3.63, 3.8) is 0 Å². The van der Waals surface area contributed by atoms with Gasteiger partial charge in [-0.3, -0.25) is 9.59 Å². The van der Waals surface area contributed by atoms with E-state index < -0.39 is 5.91 Å². The van der Waals surface area contributed by atoms with Crippen LogP contribution in [0.2, 0.25) is 0 Å². The highest BCUT2D eigenvalue weighted by molar-refractivity contribution is 5.92. The van der Waals surface area contributed by atoms with Gasteiger partial charge in [0.1, 0.15) is 5.75 Å². The van der Waals surface area contributed by atoms with Crippen LogP contribution in [0.4, 0.5) is 5.69 Å². The van der Waals surface area contributed by atoms with Gasteiger partial charge < -0.3 is 21.1 Å². The second kappa shape index (κ2) is 7.38. The van der Waals surface area contributed by atoms with Crippen LogP contribution in [-0.4, -0.2) is 31.5 Å². The average molecular weight is 265 g/mol. The van der Waals surface area contributed by atoms with E-state index in [2.05, 4.69) is 10.6 Å². The normalized spacial score (nSPS) is 11.7. The van der Waals surface area contributed by atoms with Crippen LogP contribution in [0.3, 0.4) is 0 Å². The third-order valence-corrected chi connectivity index (χ3v) is 2.49. The number of amides is 2. The van der Waals surface area contributed by atoms with Gasteiger partial charge in [0.2, 0.25) is 11.8 Å². The number of ether oxygens (including phenoxy) is 1. The van der Waals surface area contributed by atoms with E-state index in [1.807, 2.05) is 0 Å². The number of carbonyl (C=O) groups excluding carboxylic acids is 2. The number of nitrogens with two attached hydrogens (primary N) is 1. The molecule has 1 aromatic carbocycles. The van der Waals surface area contributed by atoms with Crippen LogP contribution in [0.5, 0.6) is 5.75 Å². The summed E-state index contributed by atoms with van der Waals surface area (Å²) in [7, 11) is 1.58. The standard InChI is InChI=1S/C13H19N3O3/c1-9(7-12(14)17)15-8-13(18)16-10-3-5-11(19-2)6-4-10/h3-6,9,15H,7-8H2,1-2H3,(H2,14,17)(H,16,18). The molecule has 6 nitrogen and oxygen atoms in total. The Morgan fingerprint density at radius 1 is 1.32 bits per heavy atom. The van der Waals surface area contributed by atoms with Crippen LogP contribution in [-0.2, 0) is 9.59 Å². The molecule has 6 heteroatoms. The number of hydrogen-bond acceptors (Lipinski definition) is 4. The fraction of sp³-hybridized carbons (Fsp3) is 0.385. The van der Waals surface area contributed by atoms with Crippen molar-refractivity contribution in [2.75, 3.05) is 19.0 Å². The van der Waals surface area contributed by atoms with Crippen LogP contribution in [0.15, 0.2) is 24.3 Å². The molecule has 1 unspecified atom stereocenters. The molecular weight excluding hydrogens is 246 g/mol. The van der Waals surface area contributed by atoms with Gasteiger partial charge in [0.25, 0.3) is 0 Å². The lowest BCUT2D eigenvalue weighted by molar-refractivity contribution is -0.119. The van der Waals surface area contributed by atoms with Crippen molar-refractivity contribution in [1.82, 2.24) is 5.32 Å². The van der Waals surface area contributed by atoms with Crippen molar-refractivity contribution in [1.29, 1.82) is 0 Å². The molecule has 0 fully saturated rings. The van der Waals surface area contributed by atoms with E-state index >= 15 is 0 Å². The molecule has 0 aromatic heterocycles. The summed E-state index contributed by atoms with van der Waals surface area (Å²) in [5, 5.41) is 5.65. The van der Waals surface area contributed by atoms with Crippen LogP contribution in [0.1, 0.15) is 13.3 Å². The van der Waals surface area contributed by atoms with Crippen LogP contribution in [0, 0.1) is 0 Å². The van der Waals surface area contributed by atoms with E-state index in [0.29, 0.717) is 5.69 Å². The van der Waals surface area contributed by atoms with Crippen molar-refractivity contribution in [3.8, 4) is 5.75 Å². The molecule has 0 heterocycles. The lowest BCUT2D eigenvalue weighted by Crippen LogP contribution is -2.36. The number of rotatable bonds is 7. The Kier molecular flexibility index (Phi) is 5.81. The lowest BCUT2D eigenvalue weighted by Gasteiger charge is -2.12. The third kappa shape index (κ3) is 5.87. The Hall–Kier alpha value is -2.08. The highest BCUT2D eigenvalue weighted by Crippen LogP contribution is 2.14. The first-order chi connectivity index (χ1) is 9.01. The number of nitrogens with one attached hydrogen (secondary N) is 2. The highest BCUT2D eigenvalue weighted by Gasteiger charge is 2.08. The Morgan fingerprint density at radius 2 is 1.95 bits per heavy atom. The third-order valence-electron chi connectivity index (χ3n) is 2.49. The van der Waals surface area contributed by atoms with Gasteiger partial charge in [-0.15, -0.1) is 0 Å². The fourth-order valence-corrected chi connectivity index (χ4v) is 1.52. The zero-order chi connectivity index (χ0) is 14.3. The molecule has 2 amide bonds.